The first-order valence-corrected chi connectivity index (χ1v) is 3.80. The maximum absolute atomic E-state index is 9.70. The molecule has 8 heavy (non-hydrogen) atoms. The minimum absolute atomic E-state index is 0.393. The van der Waals surface area contributed by atoms with Gasteiger partial charge in [0.05, 0.1) is 0 Å². The van der Waals surface area contributed by atoms with E-state index >= 15 is 0 Å². The van der Waals surface area contributed by atoms with Gasteiger partial charge in [0, 0.05) is 0 Å². The molecule has 0 aromatic rings. The largest absolute Gasteiger partial charge is 0.506 e. The normalized spacial score (nSPS) is 12.8. The lowest BCUT2D eigenvalue weighted by Gasteiger charge is -2.03. The van der Waals surface area contributed by atoms with Gasteiger partial charge in [-0.25, -0.2) is 4.79 Å². The molecular weight excluding hydrogens is 148 g/mol. The molecule has 0 saturated carbocycles. The summed E-state index contributed by atoms with van der Waals surface area (Å²) < 4.78 is 4.20. The Balaban J connectivity index is 3.24. The van der Waals surface area contributed by atoms with Crippen LogP contribution in [0.25, 0.3) is 0 Å². The molecule has 0 aliphatic heterocycles. The Morgan fingerprint density at radius 3 is 2.62 bits per heavy atom. The van der Waals surface area contributed by atoms with Gasteiger partial charge in [0.1, 0.15) is 0 Å². The lowest BCUT2D eigenvalue weighted by Crippen LogP contribution is -2.06. The molecule has 0 bridgehead atoms. The van der Waals surface area contributed by atoms with Crippen LogP contribution in [0.15, 0.2) is 0 Å². The van der Waals surface area contributed by atoms with Gasteiger partial charge in [-0.2, -0.15) is 0 Å². The second-order valence-electron chi connectivity index (χ2n) is 1.06. The topological polar surface area (TPSA) is 46.5 Å². The summed E-state index contributed by atoms with van der Waals surface area (Å²) in [5.74, 6) is 0. The Bertz CT molecular complexity index is 84.6. The Kier molecular flexibility index (Phi) is 3.90. The molecule has 0 fully saturated rings. The van der Waals surface area contributed by atoms with Crippen LogP contribution in [0, 0.1) is 0 Å². The summed E-state index contributed by atoms with van der Waals surface area (Å²) in [4.78, 5) is 9.70. The van der Waals surface area contributed by atoms with Gasteiger partial charge in [0.2, 0.25) is 0 Å². The number of hydrogen-bond donors (Lipinski definition) is 2. The third-order valence-corrected chi connectivity index (χ3v) is 1.70. The number of rotatable bonds is 2. The summed E-state index contributed by atoms with van der Waals surface area (Å²) in [6, 6.07) is 0. The van der Waals surface area contributed by atoms with E-state index in [4.69, 9.17) is 5.11 Å². The minimum atomic E-state index is -1.26. The monoisotopic (exact) mass is 154 g/mol. The first-order valence-electron chi connectivity index (χ1n) is 1.86. The number of ether oxygens (including phenoxy) is 1. The van der Waals surface area contributed by atoms with Crippen molar-refractivity contribution in [2.75, 3.05) is 0 Å². The van der Waals surface area contributed by atoms with Crippen LogP contribution in [-0.2, 0) is 4.74 Å². The Labute approximate surface area is 56.2 Å². The smallest absolute Gasteiger partial charge is 0.450 e. The van der Waals surface area contributed by atoms with Gasteiger partial charge in [-0.3, -0.25) is 0 Å². The number of hydrogen-bond acceptors (Lipinski definition) is 4. The van der Waals surface area contributed by atoms with E-state index in [2.05, 4.69) is 16.4 Å². The van der Waals surface area contributed by atoms with E-state index in [0.717, 1.165) is 10.8 Å². The van der Waals surface area contributed by atoms with Gasteiger partial charge in [0.25, 0.3) is 0 Å². The number of thiol groups is 1. The molecule has 0 aliphatic rings. The van der Waals surface area contributed by atoms with Crippen molar-refractivity contribution < 1.29 is 14.6 Å². The van der Waals surface area contributed by atoms with E-state index in [9.17, 15) is 4.79 Å². The second kappa shape index (κ2) is 3.91. The molecule has 1 N–H and O–H groups in total. The highest BCUT2D eigenvalue weighted by atomic mass is 33.1. The van der Waals surface area contributed by atoms with Crippen molar-refractivity contribution in [2.45, 2.75) is 12.4 Å². The fourth-order valence-corrected chi connectivity index (χ4v) is 0.418. The summed E-state index contributed by atoms with van der Waals surface area (Å²) in [7, 11) is 1.04. The first kappa shape index (κ1) is 7.97. The molecule has 0 spiro atoms. The average molecular weight is 154 g/mol. The van der Waals surface area contributed by atoms with Gasteiger partial charge < -0.3 is 9.84 Å². The van der Waals surface area contributed by atoms with Crippen LogP contribution in [0.5, 0.6) is 0 Å². The van der Waals surface area contributed by atoms with Crippen molar-refractivity contribution in [3.05, 3.63) is 0 Å². The quantitative estimate of drug-likeness (QED) is 0.274. The average Bonchev–Trinajstić information content (AvgIpc) is 1.65. The van der Waals surface area contributed by atoms with Crippen molar-refractivity contribution in [3.63, 3.8) is 0 Å². The van der Waals surface area contributed by atoms with E-state index in [1.54, 1.807) is 6.92 Å². The molecule has 1 atom stereocenters. The van der Waals surface area contributed by atoms with Gasteiger partial charge in [0.15, 0.2) is 5.44 Å². The zero-order chi connectivity index (χ0) is 6.57. The van der Waals surface area contributed by atoms with E-state index in [1.807, 2.05) is 0 Å². The highest BCUT2D eigenvalue weighted by Gasteiger charge is 2.03. The second-order valence-corrected chi connectivity index (χ2v) is 2.56. The van der Waals surface area contributed by atoms with Gasteiger partial charge in [-0.05, 0) is 6.92 Å². The molecule has 0 heterocycles. The van der Waals surface area contributed by atoms with Gasteiger partial charge in [-0.1, -0.05) is 10.8 Å². The highest BCUT2D eigenvalue weighted by molar-refractivity contribution is 8.68. The molecule has 3 nitrogen and oxygen atoms in total. The summed E-state index contributed by atoms with van der Waals surface area (Å²) in [5, 5.41) is 7.95. The molecule has 1 unspecified atom stereocenters. The fourth-order valence-electron chi connectivity index (χ4n) is 0.163. The van der Waals surface area contributed by atoms with Crippen molar-refractivity contribution in [2.24, 2.45) is 0 Å². The molecule has 5 heteroatoms. The molecule has 0 saturated heterocycles. The molecule has 0 amide bonds. The summed E-state index contributed by atoms with van der Waals surface area (Å²) in [6.07, 6.45) is -1.26. The van der Waals surface area contributed by atoms with E-state index in [-0.39, 0.29) is 0 Å². The maximum atomic E-state index is 9.70. The van der Waals surface area contributed by atoms with Crippen LogP contribution in [0.1, 0.15) is 6.92 Å². The fraction of sp³-hybridized carbons (Fsp3) is 0.667. The van der Waals surface area contributed by atoms with Crippen molar-refractivity contribution in [3.8, 4) is 0 Å². The Morgan fingerprint density at radius 2 is 2.50 bits per heavy atom. The Hall–Kier alpha value is -0.0300. The SMILES string of the molecule is CC(OC(=O)O)SS. The number of carbonyl (C=O) groups is 1. The van der Waals surface area contributed by atoms with Crippen molar-refractivity contribution in [1.29, 1.82) is 0 Å². The summed E-state index contributed by atoms with van der Waals surface area (Å²) in [6.45, 7) is 1.60. The van der Waals surface area contributed by atoms with Gasteiger partial charge in [-0.15, -0.1) is 11.7 Å². The molecule has 0 aromatic heterocycles. The third kappa shape index (κ3) is 4.14. The predicted molar refractivity (Wildman–Crippen MR) is 35.1 cm³/mol. The van der Waals surface area contributed by atoms with Crippen LogP contribution in [0.2, 0.25) is 0 Å². The van der Waals surface area contributed by atoms with E-state index < -0.39 is 11.6 Å². The standard InChI is InChI=1S/C3H6O3S2/c1-2(8-7)6-3(4)5/h2,7H,1H3,(H,4,5). The molecule has 0 radical (unpaired) electrons. The zero-order valence-corrected chi connectivity index (χ0v) is 5.91. The zero-order valence-electron chi connectivity index (χ0n) is 4.20. The lowest BCUT2D eigenvalue weighted by atomic mass is 10.9. The molecule has 0 aromatic carbocycles. The van der Waals surface area contributed by atoms with Gasteiger partial charge >= 0.3 is 6.16 Å². The Morgan fingerprint density at radius 1 is 2.00 bits per heavy atom. The predicted octanol–water partition coefficient (Wildman–Crippen LogP) is 1.60. The molecule has 48 valence electrons. The molecular formula is C3H6O3S2. The van der Waals surface area contributed by atoms with E-state index in [0.29, 0.717) is 0 Å². The maximum Gasteiger partial charge on any atom is 0.506 e. The highest BCUT2D eigenvalue weighted by Crippen LogP contribution is 2.14. The van der Waals surface area contributed by atoms with E-state index in [1.165, 1.54) is 0 Å². The van der Waals surface area contributed by atoms with Crippen LogP contribution in [-0.4, -0.2) is 16.7 Å². The minimum Gasteiger partial charge on any atom is -0.450 e. The van der Waals surface area contributed by atoms with Crippen LogP contribution >= 0.6 is 22.5 Å². The summed E-state index contributed by atoms with van der Waals surface area (Å²) in [5.41, 5.74) is -0.393. The molecule has 0 rings (SSSR count). The van der Waals surface area contributed by atoms with Crippen molar-refractivity contribution in [1.82, 2.24) is 0 Å². The third-order valence-electron chi connectivity index (χ3n) is 0.415. The molecule has 0 aliphatic carbocycles. The summed E-state index contributed by atoms with van der Waals surface area (Å²) >= 11 is 3.72. The number of carboxylic acid groups (broad SMARTS) is 1. The van der Waals surface area contributed by atoms with Crippen LogP contribution < -0.4 is 0 Å². The lowest BCUT2D eigenvalue weighted by molar-refractivity contribution is 0.0875. The first-order chi connectivity index (χ1) is 3.66. The van der Waals surface area contributed by atoms with Crippen LogP contribution in [0.4, 0.5) is 4.79 Å². The van der Waals surface area contributed by atoms with Crippen LogP contribution in [0.3, 0.4) is 0 Å². The van der Waals surface area contributed by atoms with Crippen molar-refractivity contribution >= 4 is 28.6 Å².